The lowest BCUT2D eigenvalue weighted by Gasteiger charge is -2.28. The summed E-state index contributed by atoms with van der Waals surface area (Å²) in [5.41, 5.74) is 8.14. The normalized spacial score (nSPS) is 10.7. The highest BCUT2D eigenvalue weighted by Gasteiger charge is 2.13. The van der Waals surface area contributed by atoms with Crippen LogP contribution >= 0.6 is 0 Å². The lowest BCUT2D eigenvalue weighted by atomic mass is 10.1. The predicted octanol–water partition coefficient (Wildman–Crippen LogP) is 6.85. The van der Waals surface area contributed by atoms with E-state index in [-0.39, 0.29) is 0 Å². The van der Waals surface area contributed by atoms with Crippen LogP contribution in [-0.2, 0) is 0 Å². The first kappa shape index (κ1) is 18.9. The molecule has 0 amide bonds. The van der Waals surface area contributed by atoms with Crippen LogP contribution in [0.5, 0.6) is 0 Å². The molecule has 0 atom stereocenters. The Balaban J connectivity index is 1.73. The highest BCUT2D eigenvalue weighted by atomic mass is 15.5. The van der Waals surface area contributed by atoms with Gasteiger partial charge in [0, 0.05) is 24.2 Å². The molecule has 0 radical (unpaired) electrons. The van der Waals surface area contributed by atoms with Gasteiger partial charge in [-0.15, -0.1) is 0 Å². The number of hydrogen-bond acceptors (Lipinski definition) is 3. The average molecular weight is 382 g/mol. The van der Waals surface area contributed by atoms with Gasteiger partial charge < -0.3 is 4.90 Å². The maximum Gasteiger partial charge on any atom is 0.0708 e. The number of fused-ring (bicyclic) bond motifs is 1. The van der Waals surface area contributed by atoms with Gasteiger partial charge in [0.1, 0.15) is 0 Å². The molecule has 4 rings (SSSR count). The van der Waals surface area contributed by atoms with E-state index in [0.29, 0.717) is 0 Å². The molecule has 0 heterocycles. The zero-order valence-electron chi connectivity index (χ0n) is 17.0. The molecule has 3 nitrogen and oxygen atoms in total. The molecule has 0 saturated heterocycles. The van der Waals surface area contributed by atoms with Crippen LogP contribution < -0.4 is 15.3 Å². The van der Waals surface area contributed by atoms with Crippen molar-refractivity contribution in [2.24, 2.45) is 0 Å². The van der Waals surface area contributed by atoms with E-state index >= 15 is 0 Å². The van der Waals surface area contributed by atoms with E-state index in [2.05, 4.69) is 120 Å². The van der Waals surface area contributed by atoms with Crippen molar-refractivity contribution in [1.82, 2.24) is 0 Å². The minimum absolute atomic E-state index is 1.01. The zero-order valence-corrected chi connectivity index (χ0v) is 17.0. The van der Waals surface area contributed by atoms with Gasteiger partial charge in [-0.3, -0.25) is 10.4 Å². The van der Waals surface area contributed by atoms with Crippen molar-refractivity contribution in [3.05, 3.63) is 97.1 Å². The summed E-state index contributed by atoms with van der Waals surface area (Å²) in [6.07, 6.45) is 0. The van der Waals surface area contributed by atoms with Crippen molar-refractivity contribution >= 4 is 33.5 Å². The quantitative estimate of drug-likeness (QED) is 0.353. The second-order valence-corrected chi connectivity index (χ2v) is 7.00. The fourth-order valence-corrected chi connectivity index (χ4v) is 3.71. The number of nitrogens with one attached hydrogen (secondary N) is 1. The second kappa shape index (κ2) is 8.70. The van der Waals surface area contributed by atoms with Crippen molar-refractivity contribution < 1.29 is 0 Å². The third kappa shape index (κ3) is 4.04. The third-order valence-corrected chi connectivity index (χ3v) is 5.26. The summed E-state index contributed by atoms with van der Waals surface area (Å²) < 4.78 is 0. The number of hydrogen-bond donors (Lipinski definition) is 1. The second-order valence-electron chi connectivity index (χ2n) is 7.00. The van der Waals surface area contributed by atoms with Gasteiger partial charge in [0.15, 0.2) is 0 Å². The summed E-state index contributed by atoms with van der Waals surface area (Å²) >= 11 is 0. The van der Waals surface area contributed by atoms with Crippen LogP contribution in [0.15, 0.2) is 97.1 Å². The molecule has 0 aromatic heterocycles. The molecule has 0 aliphatic rings. The lowest BCUT2D eigenvalue weighted by molar-refractivity contribution is 0.866. The van der Waals surface area contributed by atoms with Crippen LogP contribution in [0.4, 0.5) is 22.7 Å². The van der Waals surface area contributed by atoms with Crippen LogP contribution in [0, 0.1) is 0 Å². The molecule has 0 aliphatic carbocycles. The van der Waals surface area contributed by atoms with Gasteiger partial charge in [-0.2, -0.15) is 0 Å². The molecule has 0 bridgehead atoms. The molecule has 29 heavy (non-hydrogen) atoms. The Morgan fingerprint density at radius 1 is 0.621 bits per heavy atom. The molecule has 1 N–H and O–H groups in total. The Kier molecular flexibility index (Phi) is 5.66. The summed E-state index contributed by atoms with van der Waals surface area (Å²) in [6.45, 7) is 6.39. The number of anilines is 4. The van der Waals surface area contributed by atoms with E-state index in [1.807, 2.05) is 6.07 Å². The first-order valence-electron chi connectivity index (χ1n) is 10.2. The SMILES string of the molecule is CCN(CC)c1ccc(NN(c2ccccc2)c2cccc3ccccc23)cc1. The van der Waals surface area contributed by atoms with Gasteiger partial charge >= 0.3 is 0 Å². The molecule has 0 spiro atoms. The first-order valence-corrected chi connectivity index (χ1v) is 10.2. The Bertz CT molecular complexity index is 1050. The third-order valence-electron chi connectivity index (χ3n) is 5.26. The van der Waals surface area contributed by atoms with Crippen LogP contribution in [0.25, 0.3) is 10.8 Å². The molecule has 146 valence electrons. The Labute approximate surface area is 173 Å². The molecule has 0 unspecified atom stereocenters. The fourth-order valence-electron chi connectivity index (χ4n) is 3.71. The highest BCUT2D eigenvalue weighted by molar-refractivity contribution is 5.96. The maximum atomic E-state index is 3.62. The molecule has 3 heteroatoms. The smallest absolute Gasteiger partial charge is 0.0708 e. The zero-order chi connectivity index (χ0) is 20.1. The van der Waals surface area contributed by atoms with Crippen LogP contribution in [-0.4, -0.2) is 13.1 Å². The molecular formula is C26H27N3. The fraction of sp³-hybridized carbons (Fsp3) is 0.154. The largest absolute Gasteiger partial charge is 0.372 e. The average Bonchev–Trinajstić information content (AvgIpc) is 2.79. The number of nitrogens with zero attached hydrogens (tertiary/aromatic N) is 2. The molecule has 4 aromatic carbocycles. The molecule has 4 aromatic rings. The van der Waals surface area contributed by atoms with Crippen molar-refractivity contribution in [3.8, 4) is 0 Å². The molecular weight excluding hydrogens is 354 g/mol. The topological polar surface area (TPSA) is 18.5 Å². The number of benzene rings is 4. The van der Waals surface area contributed by atoms with E-state index in [1.165, 1.54) is 16.5 Å². The predicted molar refractivity (Wildman–Crippen MR) is 126 cm³/mol. The van der Waals surface area contributed by atoms with Crippen molar-refractivity contribution in [2.45, 2.75) is 13.8 Å². The summed E-state index contributed by atoms with van der Waals surface area (Å²) in [6, 6.07) is 34.0. The van der Waals surface area contributed by atoms with Gasteiger partial charge in [-0.05, 0) is 61.7 Å². The Hall–Kier alpha value is -3.46. The highest BCUT2D eigenvalue weighted by Crippen LogP contribution is 2.33. The van der Waals surface area contributed by atoms with Crippen LogP contribution in [0.3, 0.4) is 0 Å². The van der Waals surface area contributed by atoms with Gasteiger partial charge in [0.05, 0.1) is 17.1 Å². The maximum absolute atomic E-state index is 3.62. The Morgan fingerprint density at radius 2 is 1.28 bits per heavy atom. The summed E-state index contributed by atoms with van der Waals surface area (Å²) in [5, 5.41) is 4.60. The lowest BCUT2D eigenvalue weighted by Crippen LogP contribution is -2.25. The summed E-state index contributed by atoms with van der Waals surface area (Å²) in [7, 11) is 0. The van der Waals surface area contributed by atoms with E-state index in [0.717, 1.165) is 30.2 Å². The van der Waals surface area contributed by atoms with Gasteiger partial charge in [-0.1, -0.05) is 54.6 Å². The molecule has 0 fully saturated rings. The molecule has 0 aliphatic heterocycles. The van der Waals surface area contributed by atoms with Gasteiger partial charge in [0.2, 0.25) is 0 Å². The van der Waals surface area contributed by atoms with Crippen LogP contribution in [0.1, 0.15) is 13.8 Å². The van der Waals surface area contributed by atoms with E-state index in [4.69, 9.17) is 0 Å². The standard InChI is InChI=1S/C26H27N3/c1-3-28(4-2)23-19-17-22(18-20-23)27-29(24-13-6-5-7-14-24)26-16-10-12-21-11-8-9-15-25(21)26/h5-20,27H,3-4H2,1-2H3. The first-order chi connectivity index (χ1) is 14.3. The minimum atomic E-state index is 1.01. The van der Waals surface area contributed by atoms with Crippen LogP contribution in [0.2, 0.25) is 0 Å². The van der Waals surface area contributed by atoms with E-state index in [1.54, 1.807) is 0 Å². The number of hydrazine groups is 1. The van der Waals surface area contributed by atoms with Gasteiger partial charge in [0.25, 0.3) is 0 Å². The Morgan fingerprint density at radius 3 is 2.00 bits per heavy atom. The minimum Gasteiger partial charge on any atom is -0.372 e. The van der Waals surface area contributed by atoms with Crippen molar-refractivity contribution in [2.75, 3.05) is 28.4 Å². The van der Waals surface area contributed by atoms with Crippen molar-refractivity contribution in [3.63, 3.8) is 0 Å². The molecule has 0 saturated carbocycles. The van der Waals surface area contributed by atoms with E-state index in [9.17, 15) is 0 Å². The van der Waals surface area contributed by atoms with E-state index < -0.39 is 0 Å². The monoisotopic (exact) mass is 381 g/mol. The number of para-hydroxylation sites is 1. The van der Waals surface area contributed by atoms with Crippen molar-refractivity contribution in [1.29, 1.82) is 0 Å². The number of rotatable bonds is 7. The summed E-state index contributed by atoms with van der Waals surface area (Å²) in [4.78, 5) is 2.35. The van der Waals surface area contributed by atoms with Gasteiger partial charge in [-0.25, -0.2) is 0 Å². The summed E-state index contributed by atoms with van der Waals surface area (Å²) in [5.74, 6) is 0.